The Balaban J connectivity index is 1.83. The molecule has 0 aromatic rings. The lowest BCUT2D eigenvalue weighted by Crippen LogP contribution is -2.50. The Bertz CT molecular complexity index is 442. The fraction of sp³-hybridized carbons (Fsp3) is 0.824. The van der Waals surface area contributed by atoms with Crippen molar-refractivity contribution in [2.24, 2.45) is 11.3 Å². The molecule has 2 aliphatic rings. The van der Waals surface area contributed by atoms with Crippen molar-refractivity contribution in [3.05, 3.63) is 12.7 Å². The third-order valence-electron chi connectivity index (χ3n) is 5.50. The normalized spacial score (nSPS) is 33.8. The highest BCUT2D eigenvalue weighted by Gasteiger charge is 2.38. The lowest BCUT2D eigenvalue weighted by molar-refractivity contribution is -0.117. The van der Waals surface area contributed by atoms with Crippen molar-refractivity contribution in [3.63, 3.8) is 0 Å². The summed E-state index contributed by atoms with van der Waals surface area (Å²) in [7, 11) is 0. The van der Waals surface area contributed by atoms with Crippen LogP contribution in [0.4, 0.5) is 0 Å². The zero-order valence-electron chi connectivity index (χ0n) is 14.0. The van der Waals surface area contributed by atoms with Gasteiger partial charge in [0.25, 0.3) is 0 Å². The Morgan fingerprint density at radius 3 is 2.50 bits per heavy atom. The first kappa shape index (κ1) is 20.0. The number of carbonyl (C=O) groups excluding carboxylic acids is 1. The van der Waals surface area contributed by atoms with E-state index in [0.29, 0.717) is 13.0 Å². The molecule has 1 amide bonds. The van der Waals surface area contributed by atoms with Crippen LogP contribution in [-0.2, 0) is 4.79 Å². The lowest BCUT2D eigenvalue weighted by atomic mass is 9.78. The van der Waals surface area contributed by atoms with Crippen LogP contribution in [0.3, 0.4) is 0 Å². The highest BCUT2D eigenvalue weighted by molar-refractivity contribution is 6.30. The minimum Gasteiger partial charge on any atom is -0.396 e. The van der Waals surface area contributed by atoms with Gasteiger partial charge in [0.05, 0.1) is 23.5 Å². The summed E-state index contributed by atoms with van der Waals surface area (Å²) in [5.74, 6) is -0.0658. The Morgan fingerprint density at radius 2 is 1.92 bits per heavy atom. The summed E-state index contributed by atoms with van der Waals surface area (Å²) in [5.41, 5.74) is -0.267. The molecule has 1 heterocycles. The molecule has 0 spiro atoms. The van der Waals surface area contributed by atoms with Gasteiger partial charge in [0.15, 0.2) is 0 Å². The molecule has 138 valence electrons. The van der Waals surface area contributed by atoms with Gasteiger partial charge in [-0.3, -0.25) is 4.79 Å². The quantitative estimate of drug-likeness (QED) is 0.481. The molecule has 0 aromatic carbocycles. The van der Waals surface area contributed by atoms with Crippen LogP contribution >= 0.6 is 23.2 Å². The second-order valence-corrected chi connectivity index (χ2v) is 8.33. The number of amides is 1. The number of alkyl halides is 2. The van der Waals surface area contributed by atoms with E-state index in [4.69, 9.17) is 23.2 Å². The molecule has 1 aliphatic carbocycles. The zero-order valence-corrected chi connectivity index (χ0v) is 15.5. The molecule has 0 bridgehead atoms. The second-order valence-electron chi connectivity index (χ2n) is 7.21. The van der Waals surface area contributed by atoms with Crippen LogP contribution in [0.1, 0.15) is 25.7 Å². The van der Waals surface area contributed by atoms with Crippen LogP contribution in [0.15, 0.2) is 12.7 Å². The topological polar surface area (TPSA) is 72.8 Å². The second kappa shape index (κ2) is 8.86. The van der Waals surface area contributed by atoms with E-state index in [9.17, 15) is 15.0 Å². The highest BCUT2D eigenvalue weighted by Crippen LogP contribution is 2.35. The molecule has 2 rings (SSSR count). The molecule has 4 atom stereocenters. The average Bonchev–Trinajstić information content (AvgIpc) is 2.59. The van der Waals surface area contributed by atoms with Crippen LogP contribution in [0.25, 0.3) is 0 Å². The van der Waals surface area contributed by atoms with Crippen LogP contribution in [-0.4, -0.2) is 70.7 Å². The number of aliphatic hydroxyl groups is 2. The van der Waals surface area contributed by atoms with Gasteiger partial charge in [0.1, 0.15) is 0 Å². The Kier molecular flexibility index (Phi) is 7.38. The molecular weight excluding hydrogens is 351 g/mol. The van der Waals surface area contributed by atoms with E-state index in [1.807, 2.05) is 0 Å². The molecule has 0 radical (unpaired) electrons. The van der Waals surface area contributed by atoms with Crippen LogP contribution in [0.5, 0.6) is 0 Å². The minimum absolute atomic E-state index is 0.0575. The summed E-state index contributed by atoms with van der Waals surface area (Å²) < 4.78 is 0. The summed E-state index contributed by atoms with van der Waals surface area (Å²) in [6.07, 6.45) is 3.74. The van der Waals surface area contributed by atoms with Gasteiger partial charge in [-0.1, -0.05) is 6.58 Å². The summed E-state index contributed by atoms with van der Waals surface area (Å²) in [6.45, 7) is 6.44. The number of nitrogens with zero attached hydrogens (tertiary/aromatic N) is 1. The van der Waals surface area contributed by atoms with E-state index in [-0.39, 0.29) is 34.6 Å². The SMILES string of the molecule is C=CC(=O)NCC1(CO)CCN(CC2CC(Cl)C(Cl)CC2O)CC1. The zero-order chi connectivity index (χ0) is 17.7. The maximum atomic E-state index is 11.4. The van der Waals surface area contributed by atoms with Crippen LogP contribution in [0, 0.1) is 11.3 Å². The number of aliphatic hydroxyl groups excluding tert-OH is 2. The molecular formula is C17H28Cl2N2O3. The molecule has 0 aromatic heterocycles. The Hall–Kier alpha value is -0.330. The first-order chi connectivity index (χ1) is 11.4. The van der Waals surface area contributed by atoms with Gasteiger partial charge in [-0.2, -0.15) is 0 Å². The molecule has 24 heavy (non-hydrogen) atoms. The fourth-order valence-corrected chi connectivity index (χ4v) is 4.26. The minimum atomic E-state index is -0.404. The van der Waals surface area contributed by atoms with Crippen molar-refractivity contribution in [2.75, 3.05) is 32.8 Å². The molecule has 1 saturated heterocycles. The van der Waals surface area contributed by atoms with Gasteiger partial charge < -0.3 is 20.4 Å². The molecule has 4 unspecified atom stereocenters. The number of nitrogens with one attached hydrogen (secondary N) is 1. The monoisotopic (exact) mass is 378 g/mol. The van der Waals surface area contributed by atoms with Crippen molar-refractivity contribution in [3.8, 4) is 0 Å². The molecule has 7 heteroatoms. The van der Waals surface area contributed by atoms with Gasteiger partial charge >= 0.3 is 0 Å². The van der Waals surface area contributed by atoms with E-state index >= 15 is 0 Å². The number of hydrogen-bond donors (Lipinski definition) is 3. The number of likely N-dealkylation sites (tertiary alicyclic amines) is 1. The Labute approximate surface area is 154 Å². The smallest absolute Gasteiger partial charge is 0.243 e. The van der Waals surface area contributed by atoms with E-state index in [0.717, 1.165) is 38.9 Å². The molecule has 2 fully saturated rings. The van der Waals surface area contributed by atoms with E-state index < -0.39 is 6.10 Å². The maximum absolute atomic E-state index is 11.4. The average molecular weight is 379 g/mol. The van der Waals surface area contributed by atoms with Crippen molar-refractivity contribution in [2.45, 2.75) is 42.5 Å². The number of piperidine rings is 1. The third-order valence-corrected chi connectivity index (χ3v) is 6.59. The van der Waals surface area contributed by atoms with Gasteiger partial charge in [0.2, 0.25) is 5.91 Å². The predicted octanol–water partition coefficient (Wildman–Crippen LogP) is 1.35. The largest absolute Gasteiger partial charge is 0.396 e. The van der Waals surface area contributed by atoms with Gasteiger partial charge in [-0.05, 0) is 50.8 Å². The first-order valence-electron chi connectivity index (χ1n) is 8.59. The molecule has 1 aliphatic heterocycles. The Morgan fingerprint density at radius 1 is 1.29 bits per heavy atom. The van der Waals surface area contributed by atoms with Crippen molar-refractivity contribution in [1.82, 2.24) is 10.2 Å². The van der Waals surface area contributed by atoms with E-state index in [2.05, 4.69) is 16.8 Å². The summed E-state index contributed by atoms with van der Waals surface area (Å²) in [4.78, 5) is 13.7. The fourth-order valence-electron chi connectivity index (χ4n) is 3.64. The maximum Gasteiger partial charge on any atom is 0.243 e. The van der Waals surface area contributed by atoms with Crippen molar-refractivity contribution < 1.29 is 15.0 Å². The summed E-state index contributed by atoms with van der Waals surface area (Å²) >= 11 is 12.4. The number of hydrogen-bond acceptors (Lipinski definition) is 4. The summed E-state index contributed by atoms with van der Waals surface area (Å²) in [6, 6.07) is 0. The number of rotatable bonds is 6. The van der Waals surface area contributed by atoms with Crippen molar-refractivity contribution in [1.29, 1.82) is 0 Å². The number of halogens is 2. The van der Waals surface area contributed by atoms with E-state index in [1.165, 1.54) is 6.08 Å². The van der Waals surface area contributed by atoms with Crippen LogP contribution in [0.2, 0.25) is 0 Å². The molecule has 1 saturated carbocycles. The van der Waals surface area contributed by atoms with E-state index in [1.54, 1.807) is 0 Å². The third kappa shape index (κ3) is 5.09. The van der Waals surface area contributed by atoms with Crippen molar-refractivity contribution >= 4 is 29.1 Å². The summed E-state index contributed by atoms with van der Waals surface area (Å²) in [5, 5.41) is 22.6. The first-order valence-corrected chi connectivity index (χ1v) is 9.46. The number of carbonyl (C=O) groups is 1. The standard InChI is InChI=1S/C17H28Cl2N2O3/c1-2-16(24)20-10-17(11-22)3-5-21(6-4-17)9-12-7-13(18)14(19)8-15(12)23/h2,12-15,22-23H,1,3-11H2,(H,20,24). The van der Waals surface area contributed by atoms with Gasteiger partial charge in [-0.15, -0.1) is 23.2 Å². The molecule has 3 N–H and O–H groups in total. The van der Waals surface area contributed by atoms with Gasteiger partial charge in [-0.25, -0.2) is 0 Å². The van der Waals surface area contributed by atoms with Crippen LogP contribution < -0.4 is 5.32 Å². The highest BCUT2D eigenvalue weighted by atomic mass is 35.5. The molecule has 5 nitrogen and oxygen atoms in total. The van der Waals surface area contributed by atoms with Gasteiger partial charge in [0, 0.05) is 18.5 Å². The lowest BCUT2D eigenvalue weighted by Gasteiger charge is -2.43. The predicted molar refractivity (Wildman–Crippen MR) is 96.4 cm³/mol.